The molecule has 4 bridgehead atoms. The number of anilines is 1. The number of halogens is 2. The minimum absolute atomic E-state index is 0.0345. The van der Waals surface area contributed by atoms with Crippen molar-refractivity contribution in [2.75, 3.05) is 5.32 Å². The van der Waals surface area contributed by atoms with E-state index in [9.17, 15) is 14.9 Å². The molecule has 0 saturated heterocycles. The van der Waals surface area contributed by atoms with Crippen molar-refractivity contribution < 1.29 is 9.72 Å². The van der Waals surface area contributed by atoms with Gasteiger partial charge in [0.25, 0.3) is 0 Å². The van der Waals surface area contributed by atoms with Crippen LogP contribution < -0.4 is 5.32 Å². The van der Waals surface area contributed by atoms with Crippen LogP contribution in [-0.4, -0.2) is 30.4 Å². The fourth-order valence-corrected chi connectivity index (χ4v) is 8.08. The van der Waals surface area contributed by atoms with Gasteiger partial charge in [0.2, 0.25) is 5.91 Å². The zero-order valence-electron chi connectivity index (χ0n) is 19.6. The topological polar surface area (TPSA) is 108 Å². The van der Waals surface area contributed by atoms with E-state index in [0.29, 0.717) is 40.1 Å². The monoisotopic (exact) mass is 572 g/mol. The number of carbonyl (C=O) groups excluding carboxylic acids is 1. The Bertz CT molecular complexity index is 1340. The molecule has 0 radical (unpaired) electrons. The van der Waals surface area contributed by atoms with Crippen molar-refractivity contribution in [3.8, 4) is 0 Å². The summed E-state index contributed by atoms with van der Waals surface area (Å²) in [7, 11) is 0. The smallest absolute Gasteiger partial charge is 0.358 e. The van der Waals surface area contributed by atoms with Gasteiger partial charge in [-0.2, -0.15) is 9.78 Å². The summed E-state index contributed by atoms with van der Waals surface area (Å²) in [4.78, 5) is 24.1. The number of nitro groups is 1. The van der Waals surface area contributed by atoms with E-state index in [1.54, 1.807) is 10.9 Å². The third-order valence-electron chi connectivity index (χ3n) is 8.14. The maximum absolute atomic E-state index is 13.2. The van der Waals surface area contributed by atoms with Gasteiger partial charge in [-0.15, -0.1) is 0 Å². The number of carbonyl (C=O) groups is 1. The molecule has 2 heterocycles. The Hall–Kier alpha value is -2.72. The quantitative estimate of drug-likeness (QED) is 0.285. The number of hydrogen-bond acceptors (Lipinski definition) is 5. The zero-order valence-corrected chi connectivity index (χ0v) is 21.9. The average molecular weight is 574 g/mol. The van der Waals surface area contributed by atoms with E-state index in [0.717, 1.165) is 37.7 Å². The van der Waals surface area contributed by atoms with Gasteiger partial charge in [-0.1, -0.05) is 23.7 Å². The van der Waals surface area contributed by atoms with Crippen LogP contribution in [-0.2, 0) is 16.9 Å². The summed E-state index contributed by atoms with van der Waals surface area (Å²) >= 11 is 9.39. The van der Waals surface area contributed by atoms with E-state index in [2.05, 4.69) is 31.4 Å². The molecule has 0 aliphatic heterocycles. The molecule has 4 aliphatic rings. The molecule has 11 heteroatoms. The fraction of sp³-hybridized carbons (Fsp3) is 0.480. The molecule has 188 valence electrons. The lowest BCUT2D eigenvalue weighted by Gasteiger charge is -2.61. The Morgan fingerprint density at radius 3 is 2.69 bits per heavy atom. The highest BCUT2D eigenvalue weighted by molar-refractivity contribution is 9.10. The number of amides is 1. The largest absolute Gasteiger partial charge is 0.404 e. The third kappa shape index (κ3) is 4.34. The number of aromatic nitrogens is 4. The molecule has 2 atom stereocenters. The van der Waals surface area contributed by atoms with E-state index >= 15 is 0 Å². The first-order chi connectivity index (χ1) is 17.2. The Morgan fingerprint density at radius 2 is 2.00 bits per heavy atom. The van der Waals surface area contributed by atoms with Gasteiger partial charge in [0.1, 0.15) is 4.47 Å². The second-order valence-corrected chi connectivity index (χ2v) is 12.2. The molecule has 4 fully saturated rings. The normalized spacial score (nSPS) is 28.4. The molecule has 9 nitrogen and oxygen atoms in total. The van der Waals surface area contributed by atoms with Crippen LogP contribution in [0.2, 0.25) is 5.02 Å². The molecule has 2 unspecified atom stereocenters. The molecular formula is C25H26BrClN6O3. The second-order valence-electron chi connectivity index (χ2n) is 10.9. The lowest BCUT2D eigenvalue weighted by molar-refractivity contribution is -0.390. The molecule has 1 N–H and O–H groups in total. The molecule has 7 rings (SSSR count). The fourth-order valence-electron chi connectivity index (χ4n) is 7.45. The van der Waals surface area contributed by atoms with Crippen LogP contribution >= 0.6 is 27.5 Å². The Kier molecular flexibility index (Phi) is 5.71. The highest BCUT2D eigenvalue weighted by Crippen LogP contribution is 2.65. The van der Waals surface area contributed by atoms with Crippen LogP contribution in [0, 0.1) is 27.4 Å². The third-order valence-corrected chi connectivity index (χ3v) is 8.93. The van der Waals surface area contributed by atoms with Gasteiger partial charge in [0.05, 0.1) is 23.4 Å². The van der Waals surface area contributed by atoms with Crippen molar-refractivity contribution in [2.45, 2.75) is 57.0 Å². The maximum atomic E-state index is 13.2. The minimum atomic E-state index is -0.449. The Labute approximate surface area is 221 Å². The number of rotatable bonds is 7. The summed E-state index contributed by atoms with van der Waals surface area (Å²) in [6.07, 6.45) is 9.98. The Morgan fingerprint density at radius 1 is 1.22 bits per heavy atom. The van der Waals surface area contributed by atoms with Crippen molar-refractivity contribution >= 4 is 45.1 Å². The van der Waals surface area contributed by atoms with Crippen molar-refractivity contribution in [1.29, 1.82) is 0 Å². The van der Waals surface area contributed by atoms with E-state index in [4.69, 9.17) is 11.6 Å². The van der Waals surface area contributed by atoms with E-state index in [-0.39, 0.29) is 22.7 Å². The molecule has 3 aromatic rings. The van der Waals surface area contributed by atoms with E-state index in [1.807, 2.05) is 41.2 Å². The molecule has 36 heavy (non-hydrogen) atoms. The molecular weight excluding hydrogens is 548 g/mol. The van der Waals surface area contributed by atoms with Crippen LogP contribution in [0.3, 0.4) is 0 Å². The SMILES string of the molecule is O=C(CC12CC3CC(C1)CC(n1cc(Br)c([N+](=O)[O-])n1)(C3)C2)Nc1ccn(Cc2cccc(Cl)c2)n1. The van der Waals surface area contributed by atoms with Gasteiger partial charge in [-0.25, -0.2) is 0 Å². The lowest BCUT2D eigenvalue weighted by Crippen LogP contribution is -2.57. The summed E-state index contributed by atoms with van der Waals surface area (Å²) in [5, 5.41) is 24.0. The average Bonchev–Trinajstić information content (AvgIpc) is 3.39. The predicted molar refractivity (Wildman–Crippen MR) is 138 cm³/mol. The summed E-state index contributed by atoms with van der Waals surface area (Å²) < 4.78 is 4.02. The van der Waals surface area contributed by atoms with Gasteiger partial charge < -0.3 is 15.4 Å². The highest BCUT2D eigenvalue weighted by Gasteiger charge is 2.60. The second kappa shape index (κ2) is 8.69. The van der Waals surface area contributed by atoms with Crippen LogP contribution in [0.5, 0.6) is 0 Å². The van der Waals surface area contributed by atoms with Crippen molar-refractivity contribution in [3.63, 3.8) is 0 Å². The van der Waals surface area contributed by atoms with Crippen LogP contribution in [0.25, 0.3) is 0 Å². The van der Waals surface area contributed by atoms with Gasteiger partial charge >= 0.3 is 5.82 Å². The van der Waals surface area contributed by atoms with Crippen molar-refractivity contribution in [3.05, 3.63) is 67.9 Å². The first kappa shape index (κ1) is 23.7. The van der Waals surface area contributed by atoms with Gasteiger partial charge in [0.15, 0.2) is 5.82 Å². The van der Waals surface area contributed by atoms with E-state index < -0.39 is 4.92 Å². The molecule has 1 amide bonds. The molecule has 0 spiro atoms. The van der Waals surface area contributed by atoms with E-state index in [1.165, 1.54) is 6.42 Å². The standard InChI is InChI=1S/C25H26BrClN6O3/c26-20-14-32(30-23(20)33(35)36)25-10-17-6-18(11-25)9-24(8-17,15-25)12-22(34)28-21-4-5-31(29-21)13-16-2-1-3-19(27)7-16/h1-5,7,14,17-18H,6,8-13,15H2,(H,28,29,34). The summed E-state index contributed by atoms with van der Waals surface area (Å²) in [6.45, 7) is 0.567. The number of hydrogen-bond donors (Lipinski definition) is 1. The molecule has 4 saturated carbocycles. The summed E-state index contributed by atoms with van der Waals surface area (Å²) in [5.41, 5.74) is 0.651. The summed E-state index contributed by atoms with van der Waals surface area (Å²) in [6, 6.07) is 9.44. The van der Waals surface area contributed by atoms with Crippen LogP contribution in [0.1, 0.15) is 50.5 Å². The number of nitrogens with zero attached hydrogens (tertiary/aromatic N) is 5. The molecule has 2 aromatic heterocycles. The lowest BCUT2D eigenvalue weighted by atomic mass is 9.46. The Balaban J connectivity index is 1.17. The van der Waals surface area contributed by atoms with Gasteiger partial charge in [-0.05, 0) is 94.3 Å². The molecule has 1 aromatic carbocycles. The number of nitrogens with one attached hydrogen (secondary N) is 1. The summed E-state index contributed by atoms with van der Waals surface area (Å²) in [5.74, 6) is 1.38. The van der Waals surface area contributed by atoms with Gasteiger partial charge in [-0.3, -0.25) is 9.48 Å². The van der Waals surface area contributed by atoms with Gasteiger partial charge in [0, 0.05) is 23.7 Å². The first-order valence-corrected chi connectivity index (χ1v) is 13.4. The first-order valence-electron chi connectivity index (χ1n) is 12.2. The minimum Gasteiger partial charge on any atom is -0.358 e. The predicted octanol–water partition coefficient (Wildman–Crippen LogP) is 5.78. The highest BCUT2D eigenvalue weighted by atomic mass is 79.9. The number of benzene rings is 1. The van der Waals surface area contributed by atoms with Crippen molar-refractivity contribution in [1.82, 2.24) is 19.6 Å². The molecule has 4 aliphatic carbocycles. The van der Waals surface area contributed by atoms with Crippen LogP contribution in [0.15, 0.2) is 47.2 Å². The van der Waals surface area contributed by atoms with Crippen LogP contribution in [0.4, 0.5) is 11.6 Å². The van der Waals surface area contributed by atoms with Crippen molar-refractivity contribution in [2.24, 2.45) is 17.3 Å². The maximum Gasteiger partial charge on any atom is 0.404 e. The zero-order chi connectivity index (χ0) is 25.1.